The van der Waals surface area contributed by atoms with E-state index in [0.717, 1.165) is 19.3 Å². The molecule has 1 rings (SSSR count). The van der Waals surface area contributed by atoms with Crippen molar-refractivity contribution in [2.24, 2.45) is 11.1 Å². The van der Waals surface area contributed by atoms with Gasteiger partial charge < -0.3 is 5.73 Å². The van der Waals surface area contributed by atoms with Crippen LogP contribution in [0.4, 0.5) is 0 Å². The molecule has 0 amide bonds. The first-order valence-corrected chi connectivity index (χ1v) is 8.25. The monoisotopic (exact) mass is 287 g/mol. The third-order valence-corrected chi connectivity index (χ3v) is 4.52. The summed E-state index contributed by atoms with van der Waals surface area (Å²) in [6.45, 7) is 12.1. The molecule has 0 fully saturated rings. The Morgan fingerprint density at radius 2 is 1.86 bits per heavy atom. The van der Waals surface area contributed by atoms with Gasteiger partial charge in [0.1, 0.15) is 0 Å². The van der Waals surface area contributed by atoms with Crippen LogP contribution in [0, 0.1) is 5.41 Å². The van der Waals surface area contributed by atoms with Crippen molar-refractivity contribution >= 4 is 0 Å². The van der Waals surface area contributed by atoms with Crippen molar-refractivity contribution in [2.75, 3.05) is 6.54 Å². The minimum Gasteiger partial charge on any atom is -0.327 e. The predicted octanol–water partition coefficient (Wildman–Crippen LogP) is 5.70. The maximum absolute atomic E-state index is 5.53. The molecule has 0 heterocycles. The molecule has 1 aliphatic carbocycles. The summed E-state index contributed by atoms with van der Waals surface area (Å²) in [7, 11) is 0. The van der Waals surface area contributed by atoms with Crippen LogP contribution >= 0.6 is 0 Å². The Balaban J connectivity index is 2.49. The Kier molecular flexibility index (Phi) is 7.17. The lowest BCUT2D eigenvalue weighted by molar-refractivity contribution is 0.530. The molecule has 0 saturated heterocycles. The van der Waals surface area contributed by atoms with E-state index in [1.807, 2.05) is 0 Å². The fraction of sp³-hybridized carbons (Fsp3) is 0.600. The van der Waals surface area contributed by atoms with Crippen molar-refractivity contribution in [2.45, 2.75) is 66.7 Å². The maximum atomic E-state index is 5.53. The standard InChI is InChI=1S/C20H33N/c1-16(8-6-9-17(2)13-15-21)11-12-19-18(3)10-7-14-20(19,4)5/h7-8,13-14H,6,9-12,15,21H2,1-5H3/b16-8+,17-13-. The van der Waals surface area contributed by atoms with E-state index in [2.05, 4.69) is 58.9 Å². The molecule has 0 unspecified atom stereocenters. The van der Waals surface area contributed by atoms with Gasteiger partial charge in [-0.3, -0.25) is 0 Å². The number of allylic oxidation sites excluding steroid dienone is 7. The van der Waals surface area contributed by atoms with E-state index in [4.69, 9.17) is 5.73 Å². The number of nitrogens with two attached hydrogens (primary N) is 1. The second-order valence-corrected chi connectivity index (χ2v) is 6.96. The molecule has 0 aliphatic heterocycles. The van der Waals surface area contributed by atoms with Crippen LogP contribution in [0.1, 0.15) is 66.7 Å². The van der Waals surface area contributed by atoms with Crippen molar-refractivity contribution in [3.8, 4) is 0 Å². The molecule has 1 heteroatoms. The molecule has 0 spiro atoms. The lowest BCUT2D eigenvalue weighted by Gasteiger charge is -2.30. The summed E-state index contributed by atoms with van der Waals surface area (Å²) in [6, 6.07) is 0. The molecule has 0 aromatic heterocycles. The summed E-state index contributed by atoms with van der Waals surface area (Å²) in [5, 5.41) is 0. The first kappa shape index (κ1) is 18.0. The number of rotatable bonds is 7. The SMILES string of the molecule is CC1=C(CC/C(C)=C/CC/C(C)=C\CN)C(C)(C)C=CC1. The molecule has 0 aromatic carbocycles. The summed E-state index contributed by atoms with van der Waals surface area (Å²) < 4.78 is 0. The molecule has 0 atom stereocenters. The molecule has 0 aromatic rings. The van der Waals surface area contributed by atoms with Crippen LogP contribution in [0.25, 0.3) is 0 Å². The van der Waals surface area contributed by atoms with Gasteiger partial charge in [-0.1, -0.05) is 60.4 Å². The summed E-state index contributed by atoms with van der Waals surface area (Å²) in [5.74, 6) is 0. The second kappa shape index (κ2) is 8.38. The van der Waals surface area contributed by atoms with E-state index in [0.29, 0.717) is 6.54 Å². The summed E-state index contributed by atoms with van der Waals surface area (Å²) >= 11 is 0. The van der Waals surface area contributed by atoms with Gasteiger partial charge >= 0.3 is 0 Å². The fourth-order valence-electron chi connectivity index (χ4n) is 3.11. The highest BCUT2D eigenvalue weighted by Crippen LogP contribution is 2.38. The van der Waals surface area contributed by atoms with Crippen LogP contribution in [-0.2, 0) is 0 Å². The van der Waals surface area contributed by atoms with Crippen LogP contribution in [0.15, 0.2) is 46.6 Å². The van der Waals surface area contributed by atoms with E-state index in [1.165, 1.54) is 24.0 Å². The van der Waals surface area contributed by atoms with E-state index in [1.54, 1.807) is 11.1 Å². The molecule has 0 radical (unpaired) electrons. The largest absolute Gasteiger partial charge is 0.327 e. The Hall–Kier alpha value is -1.08. The molecular formula is C20H33N. The van der Waals surface area contributed by atoms with E-state index >= 15 is 0 Å². The van der Waals surface area contributed by atoms with E-state index in [-0.39, 0.29) is 5.41 Å². The zero-order valence-corrected chi connectivity index (χ0v) is 14.6. The van der Waals surface area contributed by atoms with Gasteiger partial charge in [-0.25, -0.2) is 0 Å². The normalized spacial score (nSPS) is 19.3. The van der Waals surface area contributed by atoms with Crippen LogP contribution in [-0.4, -0.2) is 6.54 Å². The molecular weight excluding hydrogens is 254 g/mol. The Labute approximate surface area is 131 Å². The van der Waals surface area contributed by atoms with Gasteiger partial charge in [0.05, 0.1) is 0 Å². The van der Waals surface area contributed by atoms with Gasteiger partial charge in [0.25, 0.3) is 0 Å². The van der Waals surface area contributed by atoms with Crippen molar-refractivity contribution in [3.05, 3.63) is 46.6 Å². The van der Waals surface area contributed by atoms with Gasteiger partial charge in [0, 0.05) is 12.0 Å². The summed E-state index contributed by atoms with van der Waals surface area (Å²) in [6.07, 6.45) is 15.0. The quantitative estimate of drug-likeness (QED) is 0.597. The topological polar surface area (TPSA) is 26.0 Å². The van der Waals surface area contributed by atoms with Crippen LogP contribution in [0.5, 0.6) is 0 Å². The summed E-state index contributed by atoms with van der Waals surface area (Å²) in [5.41, 5.74) is 11.9. The zero-order chi connectivity index (χ0) is 15.9. The smallest absolute Gasteiger partial charge is 0.0109 e. The highest BCUT2D eigenvalue weighted by atomic mass is 14.5. The summed E-state index contributed by atoms with van der Waals surface area (Å²) in [4.78, 5) is 0. The van der Waals surface area contributed by atoms with E-state index in [9.17, 15) is 0 Å². The minimum absolute atomic E-state index is 0.239. The van der Waals surface area contributed by atoms with Crippen molar-refractivity contribution in [1.82, 2.24) is 0 Å². The zero-order valence-electron chi connectivity index (χ0n) is 14.6. The molecule has 2 N–H and O–H groups in total. The van der Waals surface area contributed by atoms with Gasteiger partial charge in [0.2, 0.25) is 0 Å². The first-order valence-electron chi connectivity index (χ1n) is 8.25. The molecule has 1 aliphatic rings. The second-order valence-electron chi connectivity index (χ2n) is 6.96. The number of hydrogen-bond acceptors (Lipinski definition) is 1. The third kappa shape index (κ3) is 6.05. The Bertz CT molecular complexity index is 458. The molecule has 1 nitrogen and oxygen atoms in total. The first-order chi connectivity index (χ1) is 9.86. The highest BCUT2D eigenvalue weighted by molar-refractivity contribution is 5.31. The van der Waals surface area contributed by atoms with E-state index < -0.39 is 0 Å². The Morgan fingerprint density at radius 1 is 1.19 bits per heavy atom. The average Bonchev–Trinajstić information content (AvgIpc) is 2.37. The van der Waals surface area contributed by atoms with Gasteiger partial charge in [-0.15, -0.1) is 0 Å². The molecule has 21 heavy (non-hydrogen) atoms. The van der Waals surface area contributed by atoms with Crippen LogP contribution in [0.3, 0.4) is 0 Å². The van der Waals surface area contributed by atoms with Gasteiger partial charge in [-0.05, 0) is 52.9 Å². The van der Waals surface area contributed by atoms with Gasteiger partial charge in [0.15, 0.2) is 0 Å². The van der Waals surface area contributed by atoms with Crippen LogP contribution in [0.2, 0.25) is 0 Å². The molecule has 0 saturated carbocycles. The predicted molar refractivity (Wildman–Crippen MR) is 95.3 cm³/mol. The molecule has 0 bridgehead atoms. The fourth-order valence-corrected chi connectivity index (χ4v) is 3.11. The maximum Gasteiger partial charge on any atom is 0.0109 e. The van der Waals surface area contributed by atoms with Crippen LogP contribution < -0.4 is 5.73 Å². The van der Waals surface area contributed by atoms with Gasteiger partial charge in [-0.2, -0.15) is 0 Å². The third-order valence-electron chi connectivity index (χ3n) is 4.52. The minimum atomic E-state index is 0.239. The lowest BCUT2D eigenvalue weighted by atomic mass is 9.75. The lowest BCUT2D eigenvalue weighted by Crippen LogP contribution is -2.16. The van der Waals surface area contributed by atoms with Crippen molar-refractivity contribution < 1.29 is 0 Å². The number of hydrogen-bond donors (Lipinski definition) is 1. The highest BCUT2D eigenvalue weighted by Gasteiger charge is 2.23. The average molecular weight is 287 g/mol. The van der Waals surface area contributed by atoms with Crippen molar-refractivity contribution in [1.29, 1.82) is 0 Å². The van der Waals surface area contributed by atoms with Crippen molar-refractivity contribution in [3.63, 3.8) is 0 Å². The molecule has 118 valence electrons. The Morgan fingerprint density at radius 3 is 2.48 bits per heavy atom.